The highest BCUT2D eigenvalue weighted by atomic mass is 35.5. The Balaban J connectivity index is 1.23. The number of amides is 2. The van der Waals surface area contributed by atoms with Crippen LogP contribution in [0.1, 0.15) is 61.3 Å². The maximum Gasteiger partial charge on any atom is 0.245 e. The van der Waals surface area contributed by atoms with Gasteiger partial charge in [0.2, 0.25) is 11.8 Å². The fourth-order valence-electron chi connectivity index (χ4n) is 6.87. The first-order chi connectivity index (χ1) is 20.4. The van der Waals surface area contributed by atoms with Crippen LogP contribution in [-0.4, -0.2) is 76.9 Å². The van der Waals surface area contributed by atoms with Crippen LogP contribution >= 0.6 is 11.6 Å². The lowest BCUT2D eigenvalue weighted by Gasteiger charge is -2.44. The van der Waals surface area contributed by atoms with Crippen LogP contribution in [0.5, 0.6) is 0 Å². The van der Waals surface area contributed by atoms with Crippen molar-refractivity contribution in [1.29, 1.82) is 0 Å². The van der Waals surface area contributed by atoms with E-state index in [-0.39, 0.29) is 24.3 Å². The number of benzene rings is 2. The number of nitrogens with zero attached hydrogens (tertiary/aromatic N) is 2. The summed E-state index contributed by atoms with van der Waals surface area (Å²) < 4.78 is 15.0. The summed E-state index contributed by atoms with van der Waals surface area (Å²) in [6, 6.07) is 15.3. The van der Waals surface area contributed by atoms with Gasteiger partial charge in [-0.15, -0.1) is 0 Å². The lowest BCUT2D eigenvalue weighted by atomic mass is 9.83. The third-order valence-electron chi connectivity index (χ3n) is 9.13. The van der Waals surface area contributed by atoms with Gasteiger partial charge in [-0.25, -0.2) is 8.93 Å². The number of carbonyl (C=O) groups excluding carboxylic acids is 2. The molecule has 0 aromatic heterocycles. The van der Waals surface area contributed by atoms with Gasteiger partial charge in [-0.05, 0) is 47.6 Å². The van der Waals surface area contributed by atoms with Gasteiger partial charge in [0.1, 0.15) is 6.04 Å². The largest absolute Gasteiger partial charge is 0.344 e. The molecule has 0 spiro atoms. The Morgan fingerprint density at radius 2 is 1.74 bits per heavy atom. The number of carbonyl (C=O) groups is 2. The van der Waals surface area contributed by atoms with E-state index in [1.54, 1.807) is 6.26 Å². The highest BCUT2D eigenvalue weighted by Crippen LogP contribution is 2.30. The molecule has 1 aliphatic carbocycles. The fraction of sp³-hybridized carbons (Fsp3) is 0.562. The van der Waals surface area contributed by atoms with Crippen LogP contribution in [0.15, 0.2) is 48.5 Å². The Morgan fingerprint density at radius 3 is 2.45 bits per heavy atom. The molecule has 2 aromatic carbocycles. The first-order valence-corrected chi connectivity index (χ1v) is 17.3. The summed E-state index contributed by atoms with van der Waals surface area (Å²) in [6.45, 7) is 4.22. The minimum atomic E-state index is -1.05. The summed E-state index contributed by atoms with van der Waals surface area (Å²) in [5.41, 5.74) is 3.32. The van der Waals surface area contributed by atoms with Crippen molar-refractivity contribution in [2.75, 3.05) is 39.0 Å². The molecule has 1 saturated heterocycles. The predicted octanol–water partition coefficient (Wildman–Crippen LogP) is 3.58. The van der Waals surface area contributed by atoms with Crippen molar-refractivity contribution in [2.24, 2.45) is 5.92 Å². The maximum atomic E-state index is 13.9. The monoisotopic (exact) mass is 613 g/mol. The van der Waals surface area contributed by atoms with Crippen molar-refractivity contribution in [3.05, 3.63) is 70.2 Å². The second-order valence-corrected chi connectivity index (χ2v) is 13.5. The molecule has 0 bridgehead atoms. The summed E-state index contributed by atoms with van der Waals surface area (Å²) in [4.78, 5) is 31.6. The van der Waals surface area contributed by atoms with Gasteiger partial charge in [0.15, 0.2) is 0 Å². The molecule has 228 valence electrons. The summed E-state index contributed by atoms with van der Waals surface area (Å²) in [6.07, 6.45) is 8.59. The molecule has 1 saturated carbocycles. The normalized spacial score (nSPS) is 21.9. The molecule has 3 N–H and O–H groups in total. The molecule has 3 aliphatic rings. The van der Waals surface area contributed by atoms with E-state index < -0.39 is 17.0 Å². The SMILES string of the molecule is CS(=O)NCC(C1CCCCC1)N1CCN(C(=O)[C@@H](Cc2ccc(Cl)cc2)NC(=O)CC2NCc3ccccc32)CC1. The van der Waals surface area contributed by atoms with Gasteiger partial charge in [0, 0.05) is 75.5 Å². The van der Waals surface area contributed by atoms with Crippen LogP contribution in [0, 0.1) is 5.92 Å². The zero-order chi connectivity index (χ0) is 29.5. The molecule has 10 heteroatoms. The zero-order valence-electron chi connectivity index (χ0n) is 24.5. The lowest BCUT2D eigenvalue weighted by molar-refractivity contribution is -0.138. The van der Waals surface area contributed by atoms with Gasteiger partial charge in [0.25, 0.3) is 0 Å². The average Bonchev–Trinajstić information content (AvgIpc) is 3.41. The molecule has 0 radical (unpaired) electrons. The van der Waals surface area contributed by atoms with Crippen LogP contribution in [0.4, 0.5) is 0 Å². The number of fused-ring (bicyclic) bond motifs is 1. The second-order valence-electron chi connectivity index (χ2n) is 11.9. The fourth-order valence-corrected chi connectivity index (χ4v) is 7.40. The highest BCUT2D eigenvalue weighted by Gasteiger charge is 2.34. The van der Waals surface area contributed by atoms with E-state index in [9.17, 15) is 13.8 Å². The minimum absolute atomic E-state index is 0.0419. The second kappa shape index (κ2) is 14.9. The quantitative estimate of drug-likeness (QED) is 0.360. The van der Waals surface area contributed by atoms with Crippen LogP contribution in [0.25, 0.3) is 0 Å². The molecule has 2 heterocycles. The summed E-state index contributed by atoms with van der Waals surface area (Å²) in [5, 5.41) is 7.17. The van der Waals surface area contributed by atoms with E-state index in [0.29, 0.717) is 43.0 Å². The first-order valence-electron chi connectivity index (χ1n) is 15.3. The third kappa shape index (κ3) is 8.20. The highest BCUT2D eigenvalue weighted by molar-refractivity contribution is 7.82. The maximum absolute atomic E-state index is 13.9. The standard InChI is InChI=1S/C32H44ClN5O3S/c1-42(41)35-22-30(24-7-3-2-4-8-24)37-15-17-38(18-16-37)32(40)29(19-23-11-13-26(33)14-12-23)36-31(39)20-28-27-10-6-5-9-25(27)21-34-28/h5-6,9-14,24,28-30,34-35H,2-4,7-8,15-22H2,1H3,(H,36,39)/t28?,29-,30?,42?/m1/s1. The summed E-state index contributed by atoms with van der Waals surface area (Å²) >= 11 is 6.11. The number of rotatable bonds is 11. The van der Waals surface area contributed by atoms with E-state index in [2.05, 4.69) is 32.4 Å². The van der Waals surface area contributed by atoms with Gasteiger partial charge in [-0.2, -0.15) is 0 Å². The topological polar surface area (TPSA) is 93.8 Å². The Kier molecular flexibility index (Phi) is 11.1. The van der Waals surface area contributed by atoms with Crippen molar-refractivity contribution in [1.82, 2.24) is 25.2 Å². The average molecular weight is 614 g/mol. The number of hydrogen-bond donors (Lipinski definition) is 3. The van der Waals surface area contributed by atoms with Crippen molar-refractivity contribution in [3.63, 3.8) is 0 Å². The van der Waals surface area contributed by atoms with E-state index in [4.69, 9.17) is 11.6 Å². The van der Waals surface area contributed by atoms with Crippen molar-refractivity contribution < 1.29 is 13.8 Å². The molecule has 2 fully saturated rings. The van der Waals surface area contributed by atoms with Crippen LogP contribution in [-0.2, 0) is 33.5 Å². The first kappa shape index (κ1) is 31.1. The van der Waals surface area contributed by atoms with Gasteiger partial charge in [-0.3, -0.25) is 14.5 Å². The number of halogens is 1. The minimum Gasteiger partial charge on any atom is -0.344 e. The van der Waals surface area contributed by atoms with Crippen LogP contribution in [0.3, 0.4) is 0 Å². The third-order valence-corrected chi connectivity index (χ3v) is 9.96. The molecular formula is C32H44ClN5O3S. The smallest absolute Gasteiger partial charge is 0.245 e. The number of nitrogens with one attached hydrogen (secondary N) is 3. The zero-order valence-corrected chi connectivity index (χ0v) is 26.1. The van der Waals surface area contributed by atoms with Crippen LogP contribution in [0.2, 0.25) is 5.02 Å². The van der Waals surface area contributed by atoms with Gasteiger partial charge in [-0.1, -0.05) is 67.3 Å². The molecule has 42 heavy (non-hydrogen) atoms. The van der Waals surface area contributed by atoms with E-state index >= 15 is 0 Å². The van der Waals surface area contributed by atoms with Crippen molar-refractivity contribution in [2.45, 2.75) is 69.6 Å². The van der Waals surface area contributed by atoms with Crippen LogP contribution < -0.4 is 15.4 Å². The molecule has 8 nitrogen and oxygen atoms in total. The predicted molar refractivity (Wildman–Crippen MR) is 168 cm³/mol. The van der Waals surface area contributed by atoms with E-state index in [1.165, 1.54) is 37.7 Å². The van der Waals surface area contributed by atoms with Gasteiger partial charge in [0.05, 0.1) is 11.0 Å². The Labute approximate surface area is 257 Å². The van der Waals surface area contributed by atoms with E-state index in [0.717, 1.165) is 30.8 Å². The van der Waals surface area contributed by atoms with Gasteiger partial charge < -0.3 is 15.5 Å². The molecule has 2 aliphatic heterocycles. The van der Waals surface area contributed by atoms with Crippen molar-refractivity contribution in [3.8, 4) is 0 Å². The van der Waals surface area contributed by atoms with Gasteiger partial charge >= 0.3 is 0 Å². The molecule has 4 atom stereocenters. The Morgan fingerprint density at radius 1 is 1.02 bits per heavy atom. The summed E-state index contributed by atoms with van der Waals surface area (Å²) in [7, 11) is -1.05. The summed E-state index contributed by atoms with van der Waals surface area (Å²) in [5.74, 6) is 0.411. The van der Waals surface area contributed by atoms with Crippen molar-refractivity contribution >= 4 is 34.4 Å². The number of hydrogen-bond acceptors (Lipinski definition) is 5. The Hall–Kier alpha value is -2.30. The molecule has 3 unspecified atom stereocenters. The van der Waals surface area contributed by atoms with E-state index in [1.807, 2.05) is 41.3 Å². The molecule has 2 amide bonds. The number of piperazine rings is 1. The molecule has 2 aromatic rings. The lowest BCUT2D eigenvalue weighted by Crippen LogP contribution is -2.59. The molecule has 5 rings (SSSR count). The Bertz CT molecular complexity index is 1230. The molecular weight excluding hydrogens is 570 g/mol.